The van der Waals surface area contributed by atoms with Crippen LogP contribution in [0.15, 0.2) is 128 Å². The highest BCUT2D eigenvalue weighted by molar-refractivity contribution is 8.01. The summed E-state index contributed by atoms with van der Waals surface area (Å²) < 4.78 is 6.28. The van der Waals surface area contributed by atoms with Crippen molar-refractivity contribution in [2.45, 2.75) is 36.9 Å². The van der Waals surface area contributed by atoms with Crippen LogP contribution < -0.4 is 16.2 Å². The van der Waals surface area contributed by atoms with Gasteiger partial charge in [-0.3, -0.25) is 10.9 Å². The van der Waals surface area contributed by atoms with Gasteiger partial charge in [-0.1, -0.05) is 66.8 Å². The summed E-state index contributed by atoms with van der Waals surface area (Å²) in [7, 11) is 1.73. The Kier molecular flexibility index (Phi) is 11.2. The van der Waals surface area contributed by atoms with E-state index in [4.69, 9.17) is 15.0 Å². The van der Waals surface area contributed by atoms with Crippen LogP contribution in [0.25, 0.3) is 21.5 Å². The van der Waals surface area contributed by atoms with Crippen molar-refractivity contribution in [2.75, 3.05) is 35.6 Å². The molecule has 1 atom stereocenters. The molecule has 0 aliphatic rings. The number of anilines is 3. The Morgan fingerprint density at radius 3 is 2.00 bits per heavy atom. The topological polar surface area (TPSA) is 108 Å². The molecule has 5 aromatic carbocycles. The van der Waals surface area contributed by atoms with Crippen molar-refractivity contribution in [2.24, 2.45) is 20.5 Å². The summed E-state index contributed by atoms with van der Waals surface area (Å²) in [5.74, 6) is 1.01. The molecule has 3 N–H and O–H groups in total. The molecule has 0 aliphatic heterocycles. The van der Waals surface area contributed by atoms with Crippen LogP contribution >= 0.6 is 23.1 Å². The summed E-state index contributed by atoms with van der Waals surface area (Å²) in [5.41, 5.74) is 11.5. The highest BCUT2D eigenvalue weighted by Gasteiger charge is 2.09. The van der Waals surface area contributed by atoms with Crippen molar-refractivity contribution in [3.05, 3.63) is 103 Å². The monoisotopic (exact) mass is 674 g/mol. The Bertz CT molecular complexity index is 2030. The Labute approximate surface area is 288 Å². The number of hydrogen-bond acceptors (Lipinski definition) is 11. The van der Waals surface area contributed by atoms with Crippen molar-refractivity contribution in [3.63, 3.8) is 0 Å². The normalized spacial score (nSPS) is 12.3. The number of benzene rings is 5. The molecular weight excluding hydrogens is 637 g/mol. The largest absolute Gasteiger partial charge is 0.385 e. The number of ether oxygens (including phenoxy) is 1. The van der Waals surface area contributed by atoms with Gasteiger partial charge in [0.2, 0.25) is 5.13 Å². The molecule has 9 nitrogen and oxygen atoms in total. The van der Waals surface area contributed by atoms with Gasteiger partial charge < -0.3 is 10.1 Å². The smallest absolute Gasteiger partial charge is 0.202 e. The predicted molar refractivity (Wildman–Crippen MR) is 203 cm³/mol. The molecule has 1 aromatic heterocycles. The average Bonchev–Trinajstić information content (AvgIpc) is 3.59. The lowest BCUT2D eigenvalue weighted by atomic mass is 10.1. The maximum atomic E-state index is 5.11. The van der Waals surface area contributed by atoms with Crippen molar-refractivity contribution < 1.29 is 4.74 Å². The second-order valence-corrected chi connectivity index (χ2v) is 13.6. The molecule has 11 heteroatoms. The van der Waals surface area contributed by atoms with Crippen LogP contribution in [-0.4, -0.2) is 30.5 Å². The number of hydrogen-bond donors (Lipinski definition) is 3. The Balaban J connectivity index is 1.13. The van der Waals surface area contributed by atoms with E-state index in [1.54, 1.807) is 30.2 Å². The van der Waals surface area contributed by atoms with E-state index in [9.17, 15) is 0 Å². The molecule has 0 radical (unpaired) electrons. The van der Waals surface area contributed by atoms with Gasteiger partial charge in [-0.05, 0) is 68.3 Å². The van der Waals surface area contributed by atoms with Gasteiger partial charge >= 0.3 is 0 Å². The van der Waals surface area contributed by atoms with Gasteiger partial charge in [0.05, 0.1) is 38.8 Å². The van der Waals surface area contributed by atoms with E-state index in [0.717, 1.165) is 86.0 Å². The summed E-state index contributed by atoms with van der Waals surface area (Å²) in [6.45, 7) is 5.14. The van der Waals surface area contributed by atoms with Crippen LogP contribution in [0.4, 0.5) is 39.3 Å². The zero-order valence-electron chi connectivity index (χ0n) is 27.2. The molecule has 0 fully saturated rings. The van der Waals surface area contributed by atoms with E-state index in [1.807, 2.05) is 79.0 Å². The lowest BCUT2D eigenvalue weighted by Crippen LogP contribution is -2.13. The fourth-order valence-corrected chi connectivity index (χ4v) is 6.84. The van der Waals surface area contributed by atoms with Gasteiger partial charge in [0.25, 0.3) is 0 Å². The van der Waals surface area contributed by atoms with Gasteiger partial charge in [0.15, 0.2) is 0 Å². The quantitative estimate of drug-likeness (QED) is 0.0433. The second-order valence-electron chi connectivity index (χ2n) is 11.2. The summed E-state index contributed by atoms with van der Waals surface area (Å²) in [6.07, 6.45) is 3.95. The SMILES string of the molecule is CCC(C)Nc1ccc(N=Nc2ccc(N=Nc3ccc(NNc4ncc(SCCCOC)s4)cc3)c3ccccc23)c2ccccc12. The van der Waals surface area contributed by atoms with E-state index in [0.29, 0.717) is 6.04 Å². The fourth-order valence-electron chi connectivity index (χ4n) is 5.02. The van der Waals surface area contributed by atoms with Gasteiger partial charge in [-0.2, -0.15) is 5.11 Å². The predicted octanol–water partition coefficient (Wildman–Crippen LogP) is 12.1. The van der Waals surface area contributed by atoms with Crippen LogP contribution in [0, 0.1) is 0 Å². The fraction of sp³-hybridized carbons (Fsp3) is 0.216. The summed E-state index contributed by atoms with van der Waals surface area (Å²) >= 11 is 3.40. The van der Waals surface area contributed by atoms with E-state index >= 15 is 0 Å². The zero-order chi connectivity index (χ0) is 33.1. The first kappa shape index (κ1) is 33.1. The highest BCUT2D eigenvalue weighted by atomic mass is 32.2. The number of hydrazine groups is 1. The number of aromatic nitrogens is 1. The number of thiazole rings is 1. The first-order chi connectivity index (χ1) is 23.6. The Morgan fingerprint density at radius 1 is 0.750 bits per heavy atom. The number of rotatable bonds is 15. The van der Waals surface area contributed by atoms with Crippen molar-refractivity contribution in [1.82, 2.24) is 4.98 Å². The third-order valence-corrected chi connectivity index (χ3v) is 9.93. The number of nitrogens with zero attached hydrogens (tertiary/aromatic N) is 5. The molecule has 1 unspecified atom stereocenters. The van der Waals surface area contributed by atoms with Crippen LogP contribution in [0.5, 0.6) is 0 Å². The molecule has 6 aromatic rings. The number of nitrogens with one attached hydrogen (secondary N) is 3. The van der Waals surface area contributed by atoms with E-state index in [2.05, 4.69) is 69.5 Å². The highest BCUT2D eigenvalue weighted by Crippen LogP contribution is 2.37. The zero-order valence-corrected chi connectivity index (χ0v) is 28.8. The van der Waals surface area contributed by atoms with Crippen LogP contribution in [-0.2, 0) is 4.74 Å². The molecular formula is C37H38N8OS2. The molecule has 48 heavy (non-hydrogen) atoms. The number of fused-ring (bicyclic) bond motifs is 2. The molecule has 0 aliphatic carbocycles. The molecule has 0 saturated carbocycles. The van der Waals surface area contributed by atoms with Crippen molar-refractivity contribution in [1.29, 1.82) is 0 Å². The third-order valence-electron chi connectivity index (χ3n) is 7.73. The first-order valence-electron chi connectivity index (χ1n) is 15.9. The maximum absolute atomic E-state index is 5.11. The van der Waals surface area contributed by atoms with Gasteiger partial charge in [-0.15, -0.1) is 27.1 Å². The second kappa shape index (κ2) is 16.3. The number of azo groups is 2. The minimum atomic E-state index is 0.381. The van der Waals surface area contributed by atoms with Gasteiger partial charge in [0, 0.05) is 52.7 Å². The maximum Gasteiger partial charge on any atom is 0.202 e. The Hall–Kier alpha value is -4.84. The standard InChI is InChI=1S/C37H38N8OS2/c1-4-25(2)39-32-18-19-34(29-11-6-5-10-28(29)32)43-44-35-21-20-33(30-12-7-8-13-31(30)35)42-40-26-14-16-27(17-15-26)41-45-37-38-24-36(48-37)47-23-9-22-46-3/h5-8,10-21,24-25,39,41H,4,9,22-23H2,1-3H3,(H,38,45). The average molecular weight is 675 g/mol. The summed E-state index contributed by atoms with van der Waals surface area (Å²) in [6, 6.07) is 32.5. The first-order valence-corrected chi connectivity index (χ1v) is 17.7. The van der Waals surface area contributed by atoms with Gasteiger partial charge in [-0.25, -0.2) is 4.98 Å². The number of methoxy groups -OCH3 is 1. The molecule has 244 valence electrons. The van der Waals surface area contributed by atoms with Crippen LogP contribution in [0.2, 0.25) is 0 Å². The minimum Gasteiger partial charge on any atom is -0.385 e. The molecule has 0 amide bonds. The van der Waals surface area contributed by atoms with Crippen molar-refractivity contribution >= 4 is 83.9 Å². The lowest BCUT2D eigenvalue weighted by molar-refractivity contribution is 0.200. The third kappa shape index (κ3) is 8.35. The summed E-state index contributed by atoms with van der Waals surface area (Å²) in [4.78, 5) is 4.44. The molecule has 0 saturated heterocycles. The Morgan fingerprint density at radius 2 is 1.35 bits per heavy atom. The van der Waals surface area contributed by atoms with E-state index in [-0.39, 0.29) is 0 Å². The van der Waals surface area contributed by atoms with Crippen LogP contribution in [0.1, 0.15) is 26.7 Å². The van der Waals surface area contributed by atoms with E-state index < -0.39 is 0 Å². The minimum absolute atomic E-state index is 0.381. The molecule has 0 spiro atoms. The van der Waals surface area contributed by atoms with E-state index in [1.165, 1.54) is 4.21 Å². The number of thioether (sulfide) groups is 1. The molecule has 1 heterocycles. The molecule has 0 bridgehead atoms. The summed E-state index contributed by atoms with van der Waals surface area (Å²) in [5, 5.41) is 27.0. The van der Waals surface area contributed by atoms with Gasteiger partial charge in [0.1, 0.15) is 0 Å². The lowest BCUT2D eigenvalue weighted by Gasteiger charge is -2.15. The van der Waals surface area contributed by atoms with Crippen LogP contribution in [0.3, 0.4) is 0 Å². The molecule has 6 rings (SSSR count). The van der Waals surface area contributed by atoms with Crippen molar-refractivity contribution in [3.8, 4) is 0 Å².